The first kappa shape index (κ1) is 13.6. The maximum Gasteiger partial charge on any atom is 0.321 e. The lowest BCUT2D eigenvalue weighted by Crippen LogP contribution is -2.41. The Morgan fingerprint density at radius 2 is 2.06 bits per heavy atom. The summed E-state index contributed by atoms with van der Waals surface area (Å²) in [6.07, 6.45) is 0.739. The molecule has 0 fully saturated rings. The van der Waals surface area contributed by atoms with Gasteiger partial charge in [-0.3, -0.25) is 4.79 Å². The summed E-state index contributed by atoms with van der Waals surface area (Å²) in [6.45, 7) is 0.989. The zero-order valence-electron chi connectivity index (χ0n) is 9.77. The molecule has 0 spiro atoms. The number of hydrogen-bond acceptors (Lipinski definition) is 3. The van der Waals surface area contributed by atoms with Crippen molar-refractivity contribution in [3.05, 3.63) is 35.6 Å². The molecular formula is C12H17FN2O2. The molecule has 0 radical (unpaired) electrons. The minimum absolute atomic E-state index is 0.255. The Morgan fingerprint density at radius 1 is 1.47 bits per heavy atom. The second kappa shape index (κ2) is 6.32. The molecule has 0 amide bonds. The average Bonchev–Trinajstić information content (AvgIpc) is 2.28. The fourth-order valence-electron chi connectivity index (χ4n) is 1.48. The third kappa shape index (κ3) is 4.93. The molecule has 4 nitrogen and oxygen atoms in total. The molecule has 0 saturated carbocycles. The number of carbonyl (C=O) groups is 1. The van der Waals surface area contributed by atoms with E-state index in [1.54, 1.807) is 12.1 Å². The first-order chi connectivity index (χ1) is 7.99. The van der Waals surface area contributed by atoms with Crippen LogP contribution >= 0.6 is 0 Å². The summed E-state index contributed by atoms with van der Waals surface area (Å²) in [5.74, 6) is -1.26. The smallest absolute Gasteiger partial charge is 0.321 e. The molecular weight excluding hydrogens is 223 g/mol. The Kier molecular flexibility index (Phi) is 5.06. The van der Waals surface area contributed by atoms with Crippen molar-refractivity contribution < 1.29 is 14.3 Å². The zero-order chi connectivity index (χ0) is 12.8. The van der Waals surface area contributed by atoms with Crippen LogP contribution in [-0.2, 0) is 11.2 Å². The molecule has 17 heavy (non-hydrogen) atoms. The molecule has 0 aliphatic rings. The van der Waals surface area contributed by atoms with Crippen molar-refractivity contribution in [2.75, 3.05) is 20.1 Å². The molecule has 1 rings (SSSR count). The van der Waals surface area contributed by atoms with E-state index in [2.05, 4.69) is 0 Å². The number of carboxylic acids is 1. The molecule has 0 aromatic heterocycles. The molecule has 1 unspecified atom stereocenters. The van der Waals surface area contributed by atoms with Gasteiger partial charge in [-0.2, -0.15) is 0 Å². The fraction of sp³-hybridized carbons (Fsp3) is 0.417. The third-order valence-electron chi connectivity index (χ3n) is 2.52. The lowest BCUT2D eigenvalue weighted by Gasteiger charge is -2.18. The van der Waals surface area contributed by atoms with E-state index in [1.807, 2.05) is 11.9 Å². The average molecular weight is 240 g/mol. The minimum Gasteiger partial charge on any atom is -0.480 e. The largest absolute Gasteiger partial charge is 0.480 e. The van der Waals surface area contributed by atoms with Crippen LogP contribution in [0.1, 0.15) is 5.56 Å². The van der Waals surface area contributed by atoms with Gasteiger partial charge in [-0.05, 0) is 31.2 Å². The van der Waals surface area contributed by atoms with Gasteiger partial charge >= 0.3 is 5.97 Å². The van der Waals surface area contributed by atoms with Gasteiger partial charge in [0.25, 0.3) is 0 Å². The van der Waals surface area contributed by atoms with E-state index < -0.39 is 12.0 Å². The lowest BCUT2D eigenvalue weighted by molar-refractivity contribution is -0.138. The third-order valence-corrected chi connectivity index (χ3v) is 2.52. The second-order valence-corrected chi connectivity index (χ2v) is 4.08. The van der Waals surface area contributed by atoms with Crippen LogP contribution in [0.2, 0.25) is 0 Å². The normalized spacial score (nSPS) is 12.7. The van der Waals surface area contributed by atoms with Crippen molar-refractivity contribution in [1.82, 2.24) is 4.90 Å². The van der Waals surface area contributed by atoms with Crippen LogP contribution in [0.5, 0.6) is 0 Å². The van der Waals surface area contributed by atoms with E-state index in [-0.39, 0.29) is 5.82 Å². The predicted molar refractivity (Wildman–Crippen MR) is 63.2 cm³/mol. The summed E-state index contributed by atoms with van der Waals surface area (Å²) >= 11 is 0. The number of aliphatic carboxylic acids is 1. The molecule has 1 aromatic carbocycles. The van der Waals surface area contributed by atoms with E-state index in [4.69, 9.17) is 10.8 Å². The van der Waals surface area contributed by atoms with Crippen LogP contribution < -0.4 is 5.73 Å². The van der Waals surface area contributed by atoms with Gasteiger partial charge < -0.3 is 15.7 Å². The van der Waals surface area contributed by atoms with Gasteiger partial charge in [0.1, 0.15) is 11.9 Å². The number of nitrogens with zero attached hydrogens (tertiary/aromatic N) is 1. The number of rotatable bonds is 6. The summed E-state index contributed by atoms with van der Waals surface area (Å²) in [5, 5.41) is 8.65. The Balaban J connectivity index is 2.35. The molecule has 3 N–H and O–H groups in total. The standard InChI is InChI=1S/C12H17FN2O2/c1-15(8-11(14)12(16)17)7-6-9-2-4-10(13)5-3-9/h2-5,11H,6-8,14H2,1H3,(H,16,17). The van der Waals surface area contributed by atoms with Crippen molar-refractivity contribution in [3.8, 4) is 0 Å². The molecule has 0 heterocycles. The minimum atomic E-state index is -1.00. The molecule has 94 valence electrons. The topological polar surface area (TPSA) is 66.6 Å². The van der Waals surface area contributed by atoms with Crippen LogP contribution in [0.4, 0.5) is 4.39 Å². The van der Waals surface area contributed by atoms with E-state index >= 15 is 0 Å². The summed E-state index contributed by atoms with van der Waals surface area (Å²) in [5.41, 5.74) is 6.43. The van der Waals surface area contributed by atoms with Crippen molar-refractivity contribution in [3.63, 3.8) is 0 Å². The van der Waals surface area contributed by atoms with Crippen LogP contribution in [0.3, 0.4) is 0 Å². The lowest BCUT2D eigenvalue weighted by atomic mass is 10.1. The van der Waals surface area contributed by atoms with Crippen LogP contribution in [0, 0.1) is 5.82 Å². The number of nitrogens with two attached hydrogens (primary N) is 1. The monoisotopic (exact) mass is 240 g/mol. The Bertz CT molecular complexity index is 367. The Labute approximate surface area is 99.8 Å². The van der Waals surface area contributed by atoms with Crippen molar-refractivity contribution in [1.29, 1.82) is 0 Å². The number of hydrogen-bond donors (Lipinski definition) is 2. The van der Waals surface area contributed by atoms with Crippen molar-refractivity contribution >= 4 is 5.97 Å². The maximum absolute atomic E-state index is 12.7. The summed E-state index contributed by atoms with van der Waals surface area (Å²) in [7, 11) is 1.81. The maximum atomic E-state index is 12.7. The van der Waals surface area contributed by atoms with Crippen LogP contribution in [0.15, 0.2) is 24.3 Å². The van der Waals surface area contributed by atoms with Gasteiger partial charge in [-0.1, -0.05) is 12.1 Å². The highest BCUT2D eigenvalue weighted by Gasteiger charge is 2.13. The van der Waals surface area contributed by atoms with Crippen LogP contribution in [-0.4, -0.2) is 42.2 Å². The molecule has 0 aliphatic carbocycles. The number of likely N-dealkylation sites (N-methyl/N-ethyl adjacent to an activating group) is 1. The summed E-state index contributed by atoms with van der Waals surface area (Å²) in [6, 6.07) is 5.41. The predicted octanol–water partition coefficient (Wildman–Crippen LogP) is 0.712. The van der Waals surface area contributed by atoms with E-state index in [9.17, 15) is 9.18 Å². The highest BCUT2D eigenvalue weighted by molar-refractivity contribution is 5.73. The van der Waals surface area contributed by atoms with E-state index in [1.165, 1.54) is 12.1 Å². The highest BCUT2D eigenvalue weighted by atomic mass is 19.1. The molecule has 1 atom stereocenters. The summed E-state index contributed by atoms with van der Waals surface area (Å²) < 4.78 is 12.7. The molecule has 0 bridgehead atoms. The molecule has 0 saturated heterocycles. The first-order valence-electron chi connectivity index (χ1n) is 5.40. The van der Waals surface area contributed by atoms with Gasteiger partial charge in [0, 0.05) is 13.1 Å². The van der Waals surface area contributed by atoms with Gasteiger partial charge in [0.2, 0.25) is 0 Å². The fourth-order valence-corrected chi connectivity index (χ4v) is 1.48. The zero-order valence-corrected chi connectivity index (χ0v) is 9.77. The van der Waals surface area contributed by atoms with Crippen molar-refractivity contribution in [2.24, 2.45) is 5.73 Å². The van der Waals surface area contributed by atoms with Gasteiger partial charge in [0.15, 0.2) is 0 Å². The van der Waals surface area contributed by atoms with Gasteiger partial charge in [-0.25, -0.2) is 4.39 Å². The SMILES string of the molecule is CN(CCc1ccc(F)cc1)CC(N)C(=O)O. The highest BCUT2D eigenvalue weighted by Crippen LogP contribution is 2.04. The Morgan fingerprint density at radius 3 is 2.59 bits per heavy atom. The summed E-state index contributed by atoms with van der Waals surface area (Å²) in [4.78, 5) is 12.4. The van der Waals surface area contributed by atoms with Crippen molar-refractivity contribution in [2.45, 2.75) is 12.5 Å². The molecule has 0 aliphatic heterocycles. The number of benzene rings is 1. The molecule has 1 aromatic rings. The van der Waals surface area contributed by atoms with Gasteiger partial charge in [-0.15, -0.1) is 0 Å². The van der Waals surface area contributed by atoms with Crippen LogP contribution in [0.25, 0.3) is 0 Å². The number of halogens is 1. The number of carboxylic acid groups (broad SMARTS) is 1. The quantitative estimate of drug-likeness (QED) is 0.768. The molecule has 5 heteroatoms. The first-order valence-corrected chi connectivity index (χ1v) is 5.40. The second-order valence-electron chi connectivity index (χ2n) is 4.08. The van der Waals surface area contributed by atoms with Gasteiger partial charge in [0.05, 0.1) is 0 Å². The Hall–Kier alpha value is -1.46. The van der Waals surface area contributed by atoms with E-state index in [0.717, 1.165) is 12.0 Å². The van der Waals surface area contributed by atoms with E-state index in [0.29, 0.717) is 13.1 Å².